The topological polar surface area (TPSA) is 66.4 Å². The number of sulfonamides is 1. The second-order valence-corrected chi connectivity index (χ2v) is 8.23. The maximum absolute atomic E-state index is 12.2. The van der Waals surface area contributed by atoms with Crippen LogP contribution in [0, 0.1) is 6.92 Å². The minimum absolute atomic E-state index is 0.145. The van der Waals surface area contributed by atoms with Crippen LogP contribution in [-0.2, 0) is 23.2 Å². The van der Waals surface area contributed by atoms with Crippen molar-refractivity contribution in [3.63, 3.8) is 0 Å². The van der Waals surface area contributed by atoms with Gasteiger partial charge in [-0.1, -0.05) is 28.1 Å². The summed E-state index contributed by atoms with van der Waals surface area (Å²) in [7, 11) is -3.55. The number of thiophene rings is 1. The third-order valence-corrected chi connectivity index (χ3v) is 5.97. The largest absolute Gasteiger partial charge is 0.391 e. The van der Waals surface area contributed by atoms with Crippen molar-refractivity contribution in [3.05, 3.63) is 50.1 Å². The highest BCUT2D eigenvalue weighted by Gasteiger charge is 2.19. The first kappa shape index (κ1) is 15.7. The molecule has 20 heavy (non-hydrogen) atoms. The molecule has 2 rings (SSSR count). The van der Waals surface area contributed by atoms with Crippen LogP contribution in [0.5, 0.6) is 0 Å². The van der Waals surface area contributed by atoms with Gasteiger partial charge in [-0.05, 0) is 30.7 Å². The molecule has 2 aromatic rings. The first-order valence-corrected chi connectivity index (χ1v) is 8.96. The third kappa shape index (κ3) is 3.67. The Balaban J connectivity index is 2.14. The van der Waals surface area contributed by atoms with Crippen molar-refractivity contribution in [1.82, 2.24) is 4.72 Å². The van der Waals surface area contributed by atoms with Gasteiger partial charge in [-0.25, -0.2) is 13.1 Å². The highest BCUT2D eigenvalue weighted by molar-refractivity contribution is 9.10. The van der Waals surface area contributed by atoms with E-state index in [2.05, 4.69) is 20.7 Å². The third-order valence-electron chi connectivity index (χ3n) is 2.75. The molecule has 7 heteroatoms. The molecule has 0 bridgehead atoms. The molecule has 108 valence electrons. The van der Waals surface area contributed by atoms with Gasteiger partial charge >= 0.3 is 0 Å². The lowest BCUT2D eigenvalue weighted by atomic mass is 10.2. The lowest BCUT2D eigenvalue weighted by Crippen LogP contribution is -2.23. The Bertz CT molecular complexity index is 693. The predicted molar refractivity (Wildman–Crippen MR) is 83.1 cm³/mol. The second-order valence-electron chi connectivity index (χ2n) is 4.24. The van der Waals surface area contributed by atoms with Crippen molar-refractivity contribution in [2.24, 2.45) is 0 Å². The van der Waals surface area contributed by atoms with E-state index in [1.807, 2.05) is 24.3 Å². The van der Waals surface area contributed by atoms with E-state index in [0.29, 0.717) is 9.75 Å². The van der Waals surface area contributed by atoms with Crippen molar-refractivity contribution in [3.8, 4) is 0 Å². The van der Waals surface area contributed by atoms with Gasteiger partial charge in [-0.15, -0.1) is 11.3 Å². The summed E-state index contributed by atoms with van der Waals surface area (Å²) in [6, 6.07) is 8.95. The molecule has 1 aromatic carbocycles. The quantitative estimate of drug-likeness (QED) is 0.844. The lowest BCUT2D eigenvalue weighted by molar-refractivity contribution is 0.285. The molecule has 0 aliphatic rings. The molecule has 0 atom stereocenters. The van der Waals surface area contributed by atoms with Crippen molar-refractivity contribution in [1.29, 1.82) is 0 Å². The highest BCUT2D eigenvalue weighted by atomic mass is 79.9. The summed E-state index contributed by atoms with van der Waals surface area (Å²) in [5, 5.41) is 9.07. The molecule has 1 heterocycles. The zero-order chi connectivity index (χ0) is 14.8. The van der Waals surface area contributed by atoms with Gasteiger partial charge in [0.2, 0.25) is 10.0 Å². The first-order valence-electron chi connectivity index (χ1n) is 5.86. The Morgan fingerprint density at radius 1 is 1.30 bits per heavy atom. The van der Waals surface area contributed by atoms with E-state index < -0.39 is 10.0 Å². The van der Waals surface area contributed by atoms with E-state index >= 15 is 0 Å². The number of aliphatic hydroxyl groups is 1. The fraction of sp³-hybridized carbons (Fsp3) is 0.231. The van der Waals surface area contributed by atoms with Crippen LogP contribution in [0.25, 0.3) is 0 Å². The average molecular weight is 376 g/mol. The van der Waals surface area contributed by atoms with Crippen LogP contribution >= 0.6 is 27.3 Å². The van der Waals surface area contributed by atoms with Crippen LogP contribution in [0.1, 0.15) is 15.3 Å². The Morgan fingerprint density at radius 2 is 1.95 bits per heavy atom. The second kappa shape index (κ2) is 6.36. The predicted octanol–water partition coefficient (Wildman–Crippen LogP) is 2.79. The van der Waals surface area contributed by atoms with E-state index in [9.17, 15) is 8.42 Å². The summed E-state index contributed by atoms with van der Waals surface area (Å²) in [5.41, 5.74) is 0.882. The van der Waals surface area contributed by atoms with Gasteiger partial charge in [0.25, 0.3) is 0 Å². The molecule has 0 saturated carbocycles. The molecule has 0 aliphatic heterocycles. The fourth-order valence-corrected chi connectivity index (χ4v) is 4.50. The maximum atomic E-state index is 12.2. The zero-order valence-corrected chi connectivity index (χ0v) is 14.0. The Kier molecular flexibility index (Phi) is 4.98. The van der Waals surface area contributed by atoms with Crippen LogP contribution in [0.3, 0.4) is 0 Å². The van der Waals surface area contributed by atoms with E-state index in [1.54, 1.807) is 6.92 Å². The summed E-state index contributed by atoms with van der Waals surface area (Å²) in [6.07, 6.45) is 0. The summed E-state index contributed by atoms with van der Waals surface area (Å²) in [6.45, 7) is 1.82. The number of aryl methyl sites for hydroxylation is 1. The Morgan fingerprint density at radius 3 is 2.50 bits per heavy atom. The maximum Gasteiger partial charge on any atom is 0.241 e. The van der Waals surface area contributed by atoms with E-state index in [0.717, 1.165) is 10.0 Å². The number of halogens is 1. The molecule has 0 spiro atoms. The van der Waals surface area contributed by atoms with Crippen molar-refractivity contribution in [2.75, 3.05) is 0 Å². The van der Waals surface area contributed by atoms with Crippen LogP contribution in [0.4, 0.5) is 0 Å². The Hall–Kier alpha value is -0.730. The SMILES string of the molecule is Cc1sc(CO)cc1S(=O)(=O)NCc1ccc(Br)cc1. The summed E-state index contributed by atoms with van der Waals surface area (Å²) < 4.78 is 28.0. The minimum atomic E-state index is -3.55. The number of aliphatic hydroxyl groups excluding tert-OH is 1. The molecule has 4 nitrogen and oxygen atoms in total. The first-order chi connectivity index (χ1) is 9.42. The smallest absolute Gasteiger partial charge is 0.241 e. The van der Waals surface area contributed by atoms with Gasteiger partial charge < -0.3 is 5.11 Å². The normalized spacial score (nSPS) is 11.8. The molecule has 1 aromatic heterocycles. The number of nitrogens with one attached hydrogen (secondary N) is 1. The highest BCUT2D eigenvalue weighted by Crippen LogP contribution is 2.25. The zero-order valence-electron chi connectivity index (χ0n) is 10.8. The molecule has 0 aliphatic carbocycles. The molecule has 0 radical (unpaired) electrons. The fourth-order valence-electron chi connectivity index (χ4n) is 1.73. The van der Waals surface area contributed by atoms with E-state index in [1.165, 1.54) is 17.4 Å². The molecule has 0 fully saturated rings. The molecule has 0 amide bonds. The number of rotatable bonds is 5. The van der Waals surface area contributed by atoms with Crippen molar-refractivity contribution < 1.29 is 13.5 Å². The number of hydrogen-bond acceptors (Lipinski definition) is 4. The van der Waals surface area contributed by atoms with Crippen molar-refractivity contribution >= 4 is 37.3 Å². The molecule has 0 saturated heterocycles. The van der Waals surface area contributed by atoms with Crippen LogP contribution in [0.2, 0.25) is 0 Å². The van der Waals surface area contributed by atoms with Gasteiger partial charge in [-0.3, -0.25) is 0 Å². The van der Waals surface area contributed by atoms with Gasteiger partial charge in [0.05, 0.1) is 11.5 Å². The summed E-state index contributed by atoms with van der Waals surface area (Å²) in [5.74, 6) is 0. The molecular weight excluding hydrogens is 362 g/mol. The molecule has 2 N–H and O–H groups in total. The summed E-state index contributed by atoms with van der Waals surface area (Å²) >= 11 is 4.62. The van der Waals surface area contributed by atoms with Crippen molar-refractivity contribution in [2.45, 2.75) is 25.0 Å². The molecule has 0 unspecified atom stereocenters. The van der Waals surface area contributed by atoms with E-state index in [-0.39, 0.29) is 18.0 Å². The Labute approximate surface area is 130 Å². The van der Waals surface area contributed by atoms with Gasteiger partial charge in [-0.2, -0.15) is 0 Å². The average Bonchev–Trinajstić information content (AvgIpc) is 2.80. The lowest BCUT2D eigenvalue weighted by Gasteiger charge is -2.06. The summed E-state index contributed by atoms with van der Waals surface area (Å²) in [4.78, 5) is 1.56. The van der Waals surface area contributed by atoms with E-state index in [4.69, 9.17) is 5.11 Å². The monoisotopic (exact) mass is 375 g/mol. The molecular formula is C13H14BrNO3S2. The van der Waals surface area contributed by atoms with Gasteiger partial charge in [0, 0.05) is 20.8 Å². The number of hydrogen-bond donors (Lipinski definition) is 2. The van der Waals surface area contributed by atoms with Crippen LogP contribution in [0.15, 0.2) is 39.7 Å². The van der Waals surface area contributed by atoms with Crippen LogP contribution in [-0.4, -0.2) is 13.5 Å². The van der Waals surface area contributed by atoms with Gasteiger partial charge in [0.1, 0.15) is 0 Å². The standard InChI is InChI=1S/C13H14BrNO3S2/c1-9-13(6-12(8-16)19-9)20(17,18)15-7-10-2-4-11(14)5-3-10/h2-6,15-16H,7-8H2,1H3. The minimum Gasteiger partial charge on any atom is -0.391 e. The number of benzene rings is 1. The van der Waals surface area contributed by atoms with Crippen LogP contribution < -0.4 is 4.72 Å². The van der Waals surface area contributed by atoms with Gasteiger partial charge in [0.15, 0.2) is 0 Å².